The van der Waals surface area contributed by atoms with Crippen LogP contribution in [0, 0.1) is 34.5 Å². The van der Waals surface area contributed by atoms with Gasteiger partial charge in [0.1, 0.15) is 0 Å². The summed E-state index contributed by atoms with van der Waals surface area (Å²) in [6, 6.07) is 8.49. The Morgan fingerprint density at radius 3 is 2.68 bits per heavy atom. The topological polar surface area (TPSA) is 20.2 Å². The summed E-state index contributed by atoms with van der Waals surface area (Å²) < 4.78 is 1.11. The van der Waals surface area contributed by atoms with Gasteiger partial charge in [0, 0.05) is 9.89 Å². The van der Waals surface area contributed by atoms with Crippen molar-refractivity contribution in [2.45, 2.75) is 77.7 Å². The molecule has 0 spiro atoms. The molecule has 0 bridgehead atoms. The number of hydrogen-bond acceptors (Lipinski definition) is 1. The van der Waals surface area contributed by atoms with Crippen LogP contribution in [0.5, 0.6) is 0 Å². The lowest BCUT2D eigenvalue weighted by molar-refractivity contribution is -0.119. The molecule has 0 aliphatic heterocycles. The molecule has 0 unspecified atom stereocenters. The van der Waals surface area contributed by atoms with E-state index in [0.717, 1.165) is 28.6 Å². The van der Waals surface area contributed by atoms with Crippen molar-refractivity contribution < 1.29 is 5.11 Å². The van der Waals surface area contributed by atoms with E-state index in [0.29, 0.717) is 11.3 Å². The Kier molecular flexibility index (Phi) is 4.83. The summed E-state index contributed by atoms with van der Waals surface area (Å²) in [4.78, 5) is 0. The lowest BCUT2D eigenvalue weighted by Crippen LogP contribution is -2.53. The Morgan fingerprint density at radius 1 is 1.00 bits per heavy atom. The van der Waals surface area contributed by atoms with Gasteiger partial charge in [-0.25, -0.2) is 0 Å². The number of halogens is 1. The molecule has 1 aromatic carbocycles. The minimum atomic E-state index is -0.269. The molecule has 5 rings (SSSR count). The van der Waals surface area contributed by atoms with E-state index in [-0.39, 0.29) is 11.5 Å². The molecule has 152 valence electrons. The Balaban J connectivity index is 1.46. The normalized spacial score (nSPS) is 46.7. The number of benzene rings is 1. The number of aliphatic hydroxyl groups excluding tert-OH is 1. The van der Waals surface area contributed by atoms with Crippen molar-refractivity contribution in [1.82, 2.24) is 0 Å². The van der Waals surface area contributed by atoms with Crippen molar-refractivity contribution in [2.75, 3.05) is 0 Å². The summed E-state index contributed by atoms with van der Waals surface area (Å²) in [5.74, 6) is 3.34. The molecule has 0 amide bonds. The monoisotopic (exact) mass is 442 g/mol. The summed E-state index contributed by atoms with van der Waals surface area (Å²) >= 11 is 3.59. The smallest absolute Gasteiger partial charge is 0.0809 e. The van der Waals surface area contributed by atoms with Crippen LogP contribution >= 0.6 is 15.9 Å². The van der Waals surface area contributed by atoms with Crippen LogP contribution in [0.3, 0.4) is 0 Å². The van der Waals surface area contributed by atoms with Crippen molar-refractivity contribution in [3.8, 4) is 0 Å². The first-order chi connectivity index (χ1) is 13.4. The highest BCUT2D eigenvalue weighted by molar-refractivity contribution is 9.10. The maximum atomic E-state index is 11.4. The first-order valence-electron chi connectivity index (χ1n) is 11.6. The van der Waals surface area contributed by atoms with Gasteiger partial charge in [-0.15, -0.1) is 0 Å². The fourth-order valence-corrected chi connectivity index (χ4v) is 8.52. The van der Waals surface area contributed by atoms with Crippen LogP contribution in [0.1, 0.15) is 77.2 Å². The van der Waals surface area contributed by atoms with Gasteiger partial charge < -0.3 is 5.11 Å². The standard InChI is InChI=1S/C26H35BrO/c1-25-12-4-3-7-19(25)9-10-21-22(25)11-13-26(2)23(21)16-18(24(26)28)14-17-6-5-8-20(27)15-17/h5-6,8,14-15,19,21-24,28H,3-4,7,9-13,16H2,1-2H3/b18-14+/t19-,21-,22+,23+,24+,25+,26+/m1/s1. The van der Waals surface area contributed by atoms with Gasteiger partial charge in [0.05, 0.1) is 6.10 Å². The molecule has 7 atom stereocenters. The van der Waals surface area contributed by atoms with Crippen LogP contribution in [0.15, 0.2) is 34.3 Å². The molecule has 28 heavy (non-hydrogen) atoms. The minimum Gasteiger partial charge on any atom is -0.388 e. The first kappa shape index (κ1) is 19.4. The highest BCUT2D eigenvalue weighted by Gasteiger charge is 2.60. The average Bonchev–Trinajstić information content (AvgIpc) is 2.92. The Morgan fingerprint density at radius 2 is 1.86 bits per heavy atom. The molecule has 0 aromatic heterocycles. The third-order valence-electron chi connectivity index (χ3n) is 9.65. The zero-order chi connectivity index (χ0) is 19.5. The van der Waals surface area contributed by atoms with Crippen molar-refractivity contribution in [3.05, 3.63) is 39.9 Å². The van der Waals surface area contributed by atoms with Gasteiger partial charge >= 0.3 is 0 Å². The van der Waals surface area contributed by atoms with Crippen LogP contribution in [-0.4, -0.2) is 11.2 Å². The number of aliphatic hydroxyl groups is 1. The van der Waals surface area contributed by atoms with Crippen LogP contribution < -0.4 is 0 Å². The minimum absolute atomic E-state index is 0.0802. The van der Waals surface area contributed by atoms with Crippen molar-refractivity contribution in [3.63, 3.8) is 0 Å². The Hall–Kier alpha value is -0.600. The van der Waals surface area contributed by atoms with E-state index < -0.39 is 0 Å². The fourth-order valence-electron chi connectivity index (χ4n) is 8.10. The summed E-state index contributed by atoms with van der Waals surface area (Å²) in [6.45, 7) is 5.04. The lowest BCUT2D eigenvalue weighted by atomic mass is 9.45. The van der Waals surface area contributed by atoms with Crippen LogP contribution in [0.4, 0.5) is 0 Å². The maximum absolute atomic E-state index is 11.4. The van der Waals surface area contributed by atoms with E-state index in [4.69, 9.17) is 0 Å². The highest BCUT2D eigenvalue weighted by Crippen LogP contribution is 2.67. The average molecular weight is 443 g/mol. The third-order valence-corrected chi connectivity index (χ3v) is 10.1. The van der Waals surface area contributed by atoms with Crippen LogP contribution in [0.25, 0.3) is 6.08 Å². The highest BCUT2D eigenvalue weighted by atomic mass is 79.9. The number of rotatable bonds is 1. The predicted molar refractivity (Wildman–Crippen MR) is 120 cm³/mol. The molecular weight excluding hydrogens is 408 g/mol. The van der Waals surface area contributed by atoms with E-state index in [1.54, 1.807) is 0 Å². The first-order valence-corrected chi connectivity index (χ1v) is 12.4. The molecule has 0 radical (unpaired) electrons. The summed E-state index contributed by atoms with van der Waals surface area (Å²) in [5.41, 5.74) is 3.15. The zero-order valence-corrected chi connectivity index (χ0v) is 19.0. The molecule has 4 fully saturated rings. The molecule has 0 heterocycles. The van der Waals surface area contributed by atoms with Gasteiger partial charge in [-0.05, 0) is 97.3 Å². The molecular formula is C26H35BrO. The molecule has 2 heteroatoms. The van der Waals surface area contributed by atoms with Crippen molar-refractivity contribution in [2.24, 2.45) is 34.5 Å². The van der Waals surface area contributed by atoms with Gasteiger partial charge in [0.15, 0.2) is 0 Å². The molecule has 1 nitrogen and oxygen atoms in total. The molecule has 1 aromatic rings. The molecule has 4 aliphatic rings. The van der Waals surface area contributed by atoms with Gasteiger partial charge in [-0.3, -0.25) is 0 Å². The second-order valence-electron chi connectivity index (χ2n) is 10.8. The largest absolute Gasteiger partial charge is 0.388 e. The molecule has 1 N–H and O–H groups in total. The molecule has 4 saturated carbocycles. The Labute approximate surface area is 179 Å². The zero-order valence-electron chi connectivity index (χ0n) is 17.5. The van der Waals surface area contributed by atoms with Gasteiger partial charge in [0.25, 0.3) is 0 Å². The summed E-state index contributed by atoms with van der Waals surface area (Å²) in [6.07, 6.45) is 14.3. The summed E-state index contributed by atoms with van der Waals surface area (Å²) in [5, 5.41) is 11.4. The SMILES string of the molecule is C[C@]12CCCC[C@@H]1CC[C@@H]1[C@@H]2CC[C@]2(C)[C@@H](O)/C(=C/c3cccc(Br)c3)C[C@@H]12. The van der Waals surface area contributed by atoms with E-state index in [1.807, 2.05) is 0 Å². The van der Waals surface area contributed by atoms with Crippen molar-refractivity contribution in [1.29, 1.82) is 0 Å². The van der Waals surface area contributed by atoms with Gasteiger partial charge in [-0.2, -0.15) is 0 Å². The van der Waals surface area contributed by atoms with E-state index in [1.165, 1.54) is 62.5 Å². The summed E-state index contributed by atoms with van der Waals surface area (Å²) in [7, 11) is 0. The quantitative estimate of drug-likeness (QED) is 0.485. The number of hydrogen-bond donors (Lipinski definition) is 1. The van der Waals surface area contributed by atoms with Gasteiger partial charge in [0.2, 0.25) is 0 Å². The van der Waals surface area contributed by atoms with Gasteiger partial charge in [-0.1, -0.05) is 60.8 Å². The lowest BCUT2D eigenvalue weighted by Gasteiger charge is -2.60. The van der Waals surface area contributed by atoms with Crippen LogP contribution in [0.2, 0.25) is 0 Å². The van der Waals surface area contributed by atoms with E-state index >= 15 is 0 Å². The van der Waals surface area contributed by atoms with E-state index in [9.17, 15) is 5.11 Å². The van der Waals surface area contributed by atoms with Crippen molar-refractivity contribution >= 4 is 22.0 Å². The maximum Gasteiger partial charge on any atom is 0.0809 e. The van der Waals surface area contributed by atoms with Crippen LogP contribution in [-0.2, 0) is 0 Å². The Bertz CT molecular complexity index is 784. The third kappa shape index (κ3) is 2.88. The molecule has 0 saturated heterocycles. The number of fused-ring (bicyclic) bond motifs is 5. The predicted octanol–water partition coefficient (Wildman–Crippen LogP) is 7.24. The second kappa shape index (κ2) is 6.98. The second-order valence-corrected chi connectivity index (χ2v) is 11.7. The van der Waals surface area contributed by atoms with E-state index in [2.05, 4.69) is 60.1 Å². The fraction of sp³-hybridized carbons (Fsp3) is 0.692. The molecule has 4 aliphatic carbocycles.